The van der Waals surface area contributed by atoms with Crippen molar-refractivity contribution < 1.29 is 9.84 Å². The minimum absolute atomic E-state index is 0.180. The zero-order valence-electron chi connectivity index (χ0n) is 6.92. The number of hydrogen-bond acceptors (Lipinski definition) is 3. The zero-order chi connectivity index (χ0) is 7.98. The molecule has 3 nitrogen and oxygen atoms in total. The molecular weight excluding hydrogens is 130 g/mol. The smallest absolute Gasteiger partial charge is 0.0745 e. The van der Waals surface area contributed by atoms with Crippen molar-refractivity contribution >= 4 is 0 Å². The van der Waals surface area contributed by atoms with E-state index in [2.05, 4.69) is 5.32 Å². The highest BCUT2D eigenvalue weighted by Crippen LogP contribution is 1.90. The van der Waals surface area contributed by atoms with Crippen molar-refractivity contribution in [2.45, 2.75) is 26.1 Å². The van der Waals surface area contributed by atoms with E-state index in [-0.39, 0.29) is 12.2 Å². The summed E-state index contributed by atoms with van der Waals surface area (Å²) in [5.74, 6) is 0. The van der Waals surface area contributed by atoms with Crippen LogP contribution in [0.15, 0.2) is 0 Å². The number of likely N-dealkylation sites (N-methyl/N-ethyl adjacent to an activating group) is 1. The average molecular weight is 147 g/mol. The van der Waals surface area contributed by atoms with Crippen molar-refractivity contribution in [3.8, 4) is 0 Å². The van der Waals surface area contributed by atoms with E-state index in [0.29, 0.717) is 6.61 Å². The van der Waals surface area contributed by atoms with Gasteiger partial charge in [-0.1, -0.05) is 0 Å². The molecule has 0 rings (SSSR count). The first-order chi connectivity index (χ1) is 4.66. The summed E-state index contributed by atoms with van der Waals surface area (Å²) < 4.78 is 5.23. The van der Waals surface area contributed by atoms with Crippen LogP contribution in [0.25, 0.3) is 0 Å². The van der Waals surface area contributed by atoms with Crippen molar-refractivity contribution in [2.24, 2.45) is 0 Å². The number of aliphatic hydroxyl groups excluding tert-OH is 1. The van der Waals surface area contributed by atoms with Gasteiger partial charge in [0.1, 0.15) is 0 Å². The lowest BCUT2D eigenvalue weighted by molar-refractivity contribution is 0.00677. The molecule has 0 fully saturated rings. The summed E-state index contributed by atoms with van der Waals surface area (Å²) in [7, 11) is 1.88. The second kappa shape index (κ2) is 5.65. The number of nitrogens with one attached hydrogen (secondary N) is 1. The van der Waals surface area contributed by atoms with E-state index in [1.165, 1.54) is 0 Å². The fourth-order valence-corrected chi connectivity index (χ4v) is 0.650. The van der Waals surface area contributed by atoms with E-state index in [9.17, 15) is 0 Å². The summed E-state index contributed by atoms with van der Waals surface area (Å²) in [6.45, 7) is 4.93. The van der Waals surface area contributed by atoms with E-state index >= 15 is 0 Å². The Hall–Kier alpha value is -0.120. The van der Waals surface area contributed by atoms with Crippen LogP contribution in [0.4, 0.5) is 0 Å². The topological polar surface area (TPSA) is 41.5 Å². The van der Waals surface area contributed by atoms with Gasteiger partial charge in [0.05, 0.1) is 18.8 Å². The predicted molar refractivity (Wildman–Crippen MR) is 41.0 cm³/mol. The maximum Gasteiger partial charge on any atom is 0.0745 e. The third-order valence-electron chi connectivity index (χ3n) is 1.11. The van der Waals surface area contributed by atoms with Gasteiger partial charge >= 0.3 is 0 Å². The first-order valence-corrected chi connectivity index (χ1v) is 3.61. The molecule has 0 aliphatic carbocycles. The molecule has 3 heteroatoms. The van der Waals surface area contributed by atoms with Gasteiger partial charge in [0.2, 0.25) is 0 Å². The minimum Gasteiger partial charge on any atom is -0.391 e. The minimum atomic E-state index is -0.362. The summed E-state index contributed by atoms with van der Waals surface area (Å²) >= 11 is 0. The summed E-state index contributed by atoms with van der Waals surface area (Å²) in [4.78, 5) is 0. The SMILES string of the molecule is CNCC(C)OCC(C)O. The third-order valence-corrected chi connectivity index (χ3v) is 1.11. The quantitative estimate of drug-likeness (QED) is 0.575. The summed E-state index contributed by atoms with van der Waals surface area (Å²) in [5.41, 5.74) is 0. The first kappa shape index (κ1) is 9.88. The normalized spacial score (nSPS) is 16.8. The Labute approximate surface area is 62.4 Å². The number of rotatable bonds is 5. The number of aliphatic hydroxyl groups is 1. The molecule has 0 radical (unpaired) electrons. The molecule has 62 valence electrons. The van der Waals surface area contributed by atoms with Crippen LogP contribution in [0.2, 0.25) is 0 Å². The Kier molecular flexibility index (Phi) is 5.58. The lowest BCUT2D eigenvalue weighted by atomic mass is 10.4. The van der Waals surface area contributed by atoms with E-state index in [0.717, 1.165) is 6.54 Å². The summed E-state index contributed by atoms with van der Waals surface area (Å²) in [6.07, 6.45) is -0.182. The molecule has 2 unspecified atom stereocenters. The summed E-state index contributed by atoms with van der Waals surface area (Å²) in [5, 5.41) is 11.8. The van der Waals surface area contributed by atoms with E-state index in [4.69, 9.17) is 9.84 Å². The van der Waals surface area contributed by atoms with Gasteiger partial charge in [-0.2, -0.15) is 0 Å². The molecule has 0 saturated heterocycles. The molecule has 0 amide bonds. The first-order valence-electron chi connectivity index (χ1n) is 3.61. The molecule has 0 saturated carbocycles. The fourth-order valence-electron chi connectivity index (χ4n) is 0.650. The molecule has 0 aromatic carbocycles. The molecule has 0 heterocycles. The molecule has 0 spiro atoms. The van der Waals surface area contributed by atoms with Gasteiger partial charge in [0, 0.05) is 6.54 Å². The van der Waals surface area contributed by atoms with E-state index in [1.54, 1.807) is 6.92 Å². The Morgan fingerprint density at radius 3 is 2.50 bits per heavy atom. The van der Waals surface area contributed by atoms with Gasteiger partial charge in [0.15, 0.2) is 0 Å². The zero-order valence-corrected chi connectivity index (χ0v) is 6.92. The molecule has 2 atom stereocenters. The van der Waals surface area contributed by atoms with Crippen LogP contribution in [-0.4, -0.2) is 37.5 Å². The van der Waals surface area contributed by atoms with Crippen molar-refractivity contribution in [3.05, 3.63) is 0 Å². The largest absolute Gasteiger partial charge is 0.391 e. The second-order valence-electron chi connectivity index (χ2n) is 2.55. The van der Waals surface area contributed by atoms with Gasteiger partial charge in [0.25, 0.3) is 0 Å². The highest BCUT2D eigenvalue weighted by Gasteiger charge is 2.01. The van der Waals surface area contributed by atoms with Crippen LogP contribution >= 0.6 is 0 Å². The Morgan fingerprint density at radius 2 is 2.10 bits per heavy atom. The van der Waals surface area contributed by atoms with E-state index in [1.807, 2.05) is 14.0 Å². The maximum atomic E-state index is 8.82. The van der Waals surface area contributed by atoms with Crippen molar-refractivity contribution in [1.82, 2.24) is 5.32 Å². The number of hydrogen-bond donors (Lipinski definition) is 2. The van der Waals surface area contributed by atoms with E-state index < -0.39 is 0 Å². The van der Waals surface area contributed by atoms with Crippen molar-refractivity contribution in [2.75, 3.05) is 20.2 Å². The molecule has 0 bridgehead atoms. The highest BCUT2D eigenvalue weighted by molar-refractivity contribution is 4.52. The van der Waals surface area contributed by atoms with Crippen LogP contribution in [0.1, 0.15) is 13.8 Å². The molecule has 2 N–H and O–H groups in total. The van der Waals surface area contributed by atoms with Gasteiger partial charge in [-0.15, -0.1) is 0 Å². The average Bonchev–Trinajstić information content (AvgIpc) is 1.85. The van der Waals surface area contributed by atoms with Gasteiger partial charge in [-0.25, -0.2) is 0 Å². The lowest BCUT2D eigenvalue weighted by Gasteiger charge is -2.13. The molecule has 0 aliphatic heterocycles. The Morgan fingerprint density at radius 1 is 1.50 bits per heavy atom. The third kappa shape index (κ3) is 6.01. The fraction of sp³-hybridized carbons (Fsp3) is 1.00. The number of ether oxygens (including phenoxy) is 1. The standard InChI is InChI=1S/C7H17NO2/c1-6(9)5-10-7(2)4-8-3/h6-9H,4-5H2,1-3H3. The predicted octanol–water partition coefficient (Wildman–Crippen LogP) is -0.00830. The van der Waals surface area contributed by atoms with Crippen LogP contribution < -0.4 is 5.32 Å². The van der Waals surface area contributed by atoms with Gasteiger partial charge in [-0.05, 0) is 20.9 Å². The molecule has 0 aromatic heterocycles. The van der Waals surface area contributed by atoms with Crippen LogP contribution in [0.3, 0.4) is 0 Å². The molecule has 10 heavy (non-hydrogen) atoms. The maximum absolute atomic E-state index is 8.82. The van der Waals surface area contributed by atoms with Crippen LogP contribution in [0, 0.1) is 0 Å². The van der Waals surface area contributed by atoms with Gasteiger partial charge in [-0.3, -0.25) is 0 Å². The van der Waals surface area contributed by atoms with Crippen molar-refractivity contribution in [1.29, 1.82) is 0 Å². The van der Waals surface area contributed by atoms with Gasteiger partial charge < -0.3 is 15.2 Å². The lowest BCUT2D eigenvalue weighted by Crippen LogP contribution is -2.26. The highest BCUT2D eigenvalue weighted by atomic mass is 16.5. The Bertz CT molecular complexity index is 76.0. The second-order valence-corrected chi connectivity index (χ2v) is 2.55. The van der Waals surface area contributed by atoms with Crippen LogP contribution in [-0.2, 0) is 4.74 Å². The molecular formula is C7H17NO2. The molecule has 0 aromatic rings. The monoisotopic (exact) mass is 147 g/mol. The van der Waals surface area contributed by atoms with Crippen molar-refractivity contribution in [3.63, 3.8) is 0 Å². The Balaban J connectivity index is 3.12. The van der Waals surface area contributed by atoms with Crippen LogP contribution in [0.5, 0.6) is 0 Å². The summed E-state index contributed by atoms with van der Waals surface area (Å²) in [6, 6.07) is 0. The molecule has 0 aliphatic rings.